The molecule has 2 heterocycles. The Morgan fingerprint density at radius 2 is 1.86 bits per heavy atom. The summed E-state index contributed by atoms with van der Waals surface area (Å²) in [5, 5.41) is 6.90. The van der Waals surface area contributed by atoms with Gasteiger partial charge in [-0.2, -0.15) is 0 Å². The van der Waals surface area contributed by atoms with E-state index in [9.17, 15) is 0 Å². The molecule has 0 radical (unpaired) electrons. The van der Waals surface area contributed by atoms with Crippen molar-refractivity contribution in [2.45, 2.75) is 31.8 Å². The SMILES string of the molecule is CN=C(NCc1ccc(N(C)C)cc1)NCC(c1ccco1)N1CCCCC1. The molecule has 1 fully saturated rings. The molecule has 6 nitrogen and oxygen atoms in total. The summed E-state index contributed by atoms with van der Waals surface area (Å²) in [6.45, 7) is 3.75. The van der Waals surface area contributed by atoms with E-state index in [1.54, 1.807) is 6.26 Å². The summed E-state index contributed by atoms with van der Waals surface area (Å²) in [6, 6.07) is 12.8. The first-order valence-corrected chi connectivity index (χ1v) is 10.2. The lowest BCUT2D eigenvalue weighted by molar-refractivity contribution is 0.146. The van der Waals surface area contributed by atoms with E-state index in [1.165, 1.54) is 30.5 Å². The topological polar surface area (TPSA) is 56.0 Å². The molecular weight excluding hydrogens is 350 g/mol. The standard InChI is InChI=1S/C22H33N5O/c1-23-22(24-16-18-9-11-19(12-10-18)26(2)3)25-17-20(21-8-7-15-28-21)27-13-5-4-6-14-27/h7-12,15,20H,4-6,13-14,16-17H2,1-3H3,(H2,23,24,25). The van der Waals surface area contributed by atoms with Crippen molar-refractivity contribution in [1.29, 1.82) is 0 Å². The van der Waals surface area contributed by atoms with Crippen LogP contribution < -0.4 is 15.5 Å². The highest BCUT2D eigenvalue weighted by atomic mass is 16.3. The zero-order chi connectivity index (χ0) is 19.8. The van der Waals surface area contributed by atoms with Gasteiger partial charge in [0.05, 0.1) is 12.3 Å². The van der Waals surface area contributed by atoms with Crippen molar-refractivity contribution in [3.63, 3.8) is 0 Å². The highest BCUT2D eigenvalue weighted by Crippen LogP contribution is 2.24. The van der Waals surface area contributed by atoms with Gasteiger partial charge in [-0.25, -0.2) is 0 Å². The van der Waals surface area contributed by atoms with Gasteiger partial charge in [-0.05, 0) is 55.8 Å². The number of furan rings is 1. The summed E-state index contributed by atoms with van der Waals surface area (Å²) < 4.78 is 5.73. The van der Waals surface area contributed by atoms with Gasteiger partial charge < -0.3 is 20.0 Å². The second kappa shape index (κ2) is 10.2. The van der Waals surface area contributed by atoms with E-state index in [-0.39, 0.29) is 6.04 Å². The minimum absolute atomic E-state index is 0.230. The van der Waals surface area contributed by atoms with Gasteiger partial charge in [0.2, 0.25) is 0 Å². The fourth-order valence-electron chi connectivity index (χ4n) is 3.63. The molecule has 6 heteroatoms. The van der Waals surface area contributed by atoms with Gasteiger partial charge in [-0.1, -0.05) is 18.6 Å². The second-order valence-corrected chi connectivity index (χ2v) is 7.50. The highest BCUT2D eigenvalue weighted by Gasteiger charge is 2.24. The molecule has 3 rings (SSSR count). The van der Waals surface area contributed by atoms with Crippen LogP contribution in [0.3, 0.4) is 0 Å². The van der Waals surface area contributed by atoms with Crippen LogP contribution in [-0.4, -0.2) is 51.6 Å². The van der Waals surface area contributed by atoms with E-state index < -0.39 is 0 Å². The van der Waals surface area contributed by atoms with Gasteiger partial charge in [0.25, 0.3) is 0 Å². The van der Waals surface area contributed by atoms with E-state index >= 15 is 0 Å². The zero-order valence-corrected chi connectivity index (χ0v) is 17.3. The number of nitrogens with one attached hydrogen (secondary N) is 2. The molecule has 2 N–H and O–H groups in total. The van der Waals surface area contributed by atoms with Gasteiger partial charge in [-0.3, -0.25) is 9.89 Å². The number of rotatable bonds is 7. The van der Waals surface area contributed by atoms with E-state index in [0.29, 0.717) is 0 Å². The molecule has 1 aromatic heterocycles. The molecular formula is C22H33N5O. The molecule has 2 aromatic rings. The first kappa shape index (κ1) is 20.3. The quantitative estimate of drug-likeness (QED) is 0.568. The van der Waals surface area contributed by atoms with Crippen LogP contribution in [-0.2, 0) is 6.54 Å². The number of benzene rings is 1. The number of hydrogen-bond acceptors (Lipinski definition) is 4. The lowest BCUT2D eigenvalue weighted by atomic mass is 10.1. The van der Waals surface area contributed by atoms with Crippen molar-refractivity contribution in [1.82, 2.24) is 15.5 Å². The van der Waals surface area contributed by atoms with Crippen LogP contribution in [0.5, 0.6) is 0 Å². The van der Waals surface area contributed by atoms with Gasteiger partial charge in [0.15, 0.2) is 5.96 Å². The first-order chi connectivity index (χ1) is 13.7. The average Bonchev–Trinajstić information content (AvgIpc) is 3.26. The van der Waals surface area contributed by atoms with Crippen LogP contribution in [0, 0.1) is 0 Å². The Labute approximate surface area is 168 Å². The van der Waals surface area contributed by atoms with Crippen molar-refractivity contribution >= 4 is 11.6 Å². The highest BCUT2D eigenvalue weighted by molar-refractivity contribution is 5.79. The number of hydrogen-bond donors (Lipinski definition) is 2. The molecule has 28 heavy (non-hydrogen) atoms. The van der Waals surface area contributed by atoms with Crippen LogP contribution >= 0.6 is 0 Å². The predicted molar refractivity (Wildman–Crippen MR) is 116 cm³/mol. The van der Waals surface area contributed by atoms with Gasteiger partial charge in [0, 0.05) is 39.9 Å². The predicted octanol–water partition coefficient (Wildman–Crippen LogP) is 3.24. The van der Waals surface area contributed by atoms with Crippen LogP contribution in [0.25, 0.3) is 0 Å². The number of piperidine rings is 1. The number of likely N-dealkylation sites (tertiary alicyclic amines) is 1. The molecule has 0 aliphatic carbocycles. The van der Waals surface area contributed by atoms with Crippen molar-refractivity contribution in [2.75, 3.05) is 45.7 Å². The number of guanidine groups is 1. The van der Waals surface area contributed by atoms with Crippen molar-refractivity contribution in [3.8, 4) is 0 Å². The molecule has 1 saturated heterocycles. The maximum atomic E-state index is 5.73. The fourth-order valence-corrected chi connectivity index (χ4v) is 3.63. The van der Waals surface area contributed by atoms with Gasteiger partial charge >= 0.3 is 0 Å². The fraction of sp³-hybridized carbons (Fsp3) is 0.500. The molecule has 152 valence electrons. The van der Waals surface area contributed by atoms with Crippen LogP contribution in [0.2, 0.25) is 0 Å². The number of anilines is 1. The number of nitrogens with zero attached hydrogens (tertiary/aromatic N) is 3. The van der Waals surface area contributed by atoms with Crippen LogP contribution in [0.15, 0.2) is 52.1 Å². The minimum Gasteiger partial charge on any atom is -0.468 e. The summed E-state index contributed by atoms with van der Waals surface area (Å²) in [6.07, 6.45) is 5.60. The Bertz CT molecular complexity index is 718. The third-order valence-corrected chi connectivity index (χ3v) is 5.30. The average molecular weight is 384 g/mol. The Balaban J connectivity index is 1.55. The summed E-state index contributed by atoms with van der Waals surface area (Å²) in [4.78, 5) is 9.01. The molecule has 1 aliphatic rings. The van der Waals surface area contributed by atoms with Crippen LogP contribution in [0.4, 0.5) is 5.69 Å². The minimum atomic E-state index is 0.230. The third kappa shape index (κ3) is 5.52. The van der Waals surface area contributed by atoms with Crippen molar-refractivity contribution in [2.24, 2.45) is 4.99 Å². The molecule has 0 amide bonds. The lowest BCUT2D eigenvalue weighted by Crippen LogP contribution is -2.44. The molecule has 0 bridgehead atoms. The molecule has 1 unspecified atom stereocenters. The monoisotopic (exact) mass is 383 g/mol. The summed E-state index contributed by atoms with van der Waals surface area (Å²) in [7, 11) is 5.92. The summed E-state index contributed by atoms with van der Waals surface area (Å²) in [5.74, 6) is 1.83. The third-order valence-electron chi connectivity index (χ3n) is 5.30. The van der Waals surface area contributed by atoms with E-state index in [1.807, 2.05) is 13.1 Å². The van der Waals surface area contributed by atoms with Gasteiger partial charge in [-0.15, -0.1) is 0 Å². The molecule has 1 atom stereocenters. The zero-order valence-electron chi connectivity index (χ0n) is 17.3. The maximum Gasteiger partial charge on any atom is 0.191 e. The van der Waals surface area contributed by atoms with E-state index in [2.05, 4.69) is 69.9 Å². The maximum absolute atomic E-state index is 5.73. The smallest absolute Gasteiger partial charge is 0.191 e. The normalized spacial score (nSPS) is 16.6. The van der Waals surface area contributed by atoms with E-state index in [4.69, 9.17) is 4.42 Å². The number of aliphatic imine (C=N–C) groups is 1. The van der Waals surface area contributed by atoms with Crippen molar-refractivity contribution in [3.05, 3.63) is 54.0 Å². The first-order valence-electron chi connectivity index (χ1n) is 10.2. The van der Waals surface area contributed by atoms with Crippen molar-refractivity contribution < 1.29 is 4.42 Å². The van der Waals surface area contributed by atoms with Gasteiger partial charge in [0.1, 0.15) is 5.76 Å². The molecule has 0 spiro atoms. The second-order valence-electron chi connectivity index (χ2n) is 7.50. The Morgan fingerprint density at radius 1 is 1.11 bits per heavy atom. The Hall–Kier alpha value is -2.47. The molecule has 0 saturated carbocycles. The Morgan fingerprint density at radius 3 is 2.46 bits per heavy atom. The largest absolute Gasteiger partial charge is 0.468 e. The summed E-state index contributed by atoms with van der Waals surface area (Å²) >= 11 is 0. The van der Waals surface area contributed by atoms with Crippen LogP contribution in [0.1, 0.15) is 36.6 Å². The lowest BCUT2D eigenvalue weighted by Gasteiger charge is -2.33. The van der Waals surface area contributed by atoms with E-state index in [0.717, 1.165) is 37.9 Å². The molecule has 1 aromatic carbocycles. The molecule has 1 aliphatic heterocycles. The summed E-state index contributed by atoms with van der Waals surface area (Å²) in [5.41, 5.74) is 2.43. The Kier molecular flexibility index (Phi) is 7.37.